The number of fused-ring (bicyclic) bond motifs is 3. The van der Waals surface area contributed by atoms with Gasteiger partial charge in [-0.1, -0.05) is 13.8 Å². The molecule has 4 aromatic heterocycles. The van der Waals surface area contributed by atoms with Crippen LogP contribution in [0.1, 0.15) is 25.5 Å². The summed E-state index contributed by atoms with van der Waals surface area (Å²) in [5.41, 5.74) is 4.01. The van der Waals surface area contributed by atoms with Gasteiger partial charge < -0.3 is 15.5 Å². The van der Waals surface area contributed by atoms with Crippen LogP contribution in [-0.4, -0.2) is 50.5 Å². The van der Waals surface area contributed by atoms with Crippen molar-refractivity contribution in [3.05, 3.63) is 48.5 Å². The third-order valence-electron chi connectivity index (χ3n) is 5.30. The lowest BCUT2D eigenvalue weighted by atomic mass is 10.1. The summed E-state index contributed by atoms with van der Waals surface area (Å²) in [5, 5.41) is 7.58. The van der Waals surface area contributed by atoms with E-state index in [1.165, 1.54) is 0 Å². The highest BCUT2D eigenvalue weighted by atomic mass is 15.2. The number of rotatable bonds is 4. The molecule has 2 N–H and O–H groups in total. The molecular weight excluding hydrogens is 364 g/mol. The van der Waals surface area contributed by atoms with Crippen molar-refractivity contribution in [1.29, 1.82) is 0 Å². The molecule has 0 spiro atoms. The first kappa shape index (κ1) is 17.8. The Morgan fingerprint density at radius 3 is 2.59 bits per heavy atom. The molecule has 8 nitrogen and oxygen atoms in total. The molecule has 1 saturated heterocycles. The van der Waals surface area contributed by atoms with E-state index in [0.717, 1.165) is 60.1 Å². The van der Waals surface area contributed by atoms with Gasteiger partial charge in [0.1, 0.15) is 11.5 Å². The quantitative estimate of drug-likeness (QED) is 0.556. The fourth-order valence-corrected chi connectivity index (χ4v) is 3.72. The lowest BCUT2D eigenvalue weighted by Gasteiger charge is -2.29. The molecule has 1 fully saturated rings. The predicted octanol–water partition coefficient (Wildman–Crippen LogP) is 2.95. The molecule has 0 radical (unpaired) electrons. The Hall–Kier alpha value is -3.26. The molecule has 0 amide bonds. The van der Waals surface area contributed by atoms with E-state index in [9.17, 15) is 0 Å². The number of piperazine rings is 1. The number of nitrogens with one attached hydrogen (secondary N) is 2. The zero-order valence-electron chi connectivity index (χ0n) is 16.6. The van der Waals surface area contributed by atoms with Crippen LogP contribution in [0.3, 0.4) is 0 Å². The second-order valence-corrected chi connectivity index (χ2v) is 7.60. The maximum atomic E-state index is 4.77. The fraction of sp³-hybridized carbons (Fsp3) is 0.333. The van der Waals surface area contributed by atoms with Crippen LogP contribution in [-0.2, 0) is 0 Å². The van der Waals surface area contributed by atoms with Gasteiger partial charge in [-0.15, -0.1) is 0 Å². The van der Waals surface area contributed by atoms with Gasteiger partial charge in [0.2, 0.25) is 5.95 Å². The van der Waals surface area contributed by atoms with E-state index in [1.54, 1.807) is 0 Å². The number of nitrogens with zero attached hydrogens (tertiary/aromatic N) is 6. The molecule has 0 saturated carbocycles. The summed E-state index contributed by atoms with van der Waals surface area (Å²) in [6, 6.07) is 8.07. The Kier molecular flexibility index (Phi) is 4.48. The number of aromatic nitrogens is 5. The van der Waals surface area contributed by atoms with Crippen LogP contribution >= 0.6 is 0 Å². The van der Waals surface area contributed by atoms with E-state index in [-0.39, 0.29) is 0 Å². The molecular formula is C21H24N8. The van der Waals surface area contributed by atoms with Crippen molar-refractivity contribution in [1.82, 2.24) is 29.7 Å². The highest BCUT2D eigenvalue weighted by Gasteiger charge is 2.13. The Bertz CT molecular complexity index is 1140. The fourth-order valence-electron chi connectivity index (χ4n) is 3.72. The highest BCUT2D eigenvalue weighted by Crippen LogP contribution is 2.23. The minimum Gasteiger partial charge on any atom is -0.368 e. The molecule has 1 aliphatic rings. The Balaban J connectivity index is 1.46. The molecule has 29 heavy (non-hydrogen) atoms. The summed E-state index contributed by atoms with van der Waals surface area (Å²) < 4.78 is 2.10. The van der Waals surface area contributed by atoms with Gasteiger partial charge in [-0.3, -0.25) is 4.40 Å². The van der Waals surface area contributed by atoms with Crippen LogP contribution in [0.2, 0.25) is 0 Å². The average Bonchev–Trinajstić information content (AvgIpc) is 3.20. The van der Waals surface area contributed by atoms with Gasteiger partial charge in [0, 0.05) is 49.7 Å². The molecule has 5 heterocycles. The smallest absolute Gasteiger partial charge is 0.230 e. The third kappa shape index (κ3) is 3.36. The standard InChI is InChI=1S/C21H24N8/c1-14(2)17-13-24-19-6-3-15-11-25-21(27-20(15)29(17)19)26-18-5-4-16(12-23-18)28-9-7-22-8-10-28/h3-6,11-14,22H,7-10H2,1-2H3,(H,23,25,26,27). The molecule has 5 rings (SSSR count). The van der Waals surface area contributed by atoms with Crippen LogP contribution < -0.4 is 15.5 Å². The summed E-state index contributed by atoms with van der Waals surface area (Å²) in [5.74, 6) is 1.60. The minimum absolute atomic E-state index is 0.348. The molecule has 0 unspecified atom stereocenters. The first-order valence-corrected chi connectivity index (χ1v) is 10.0. The first-order chi connectivity index (χ1) is 14.2. The van der Waals surface area contributed by atoms with Crippen LogP contribution in [0.25, 0.3) is 16.7 Å². The second-order valence-electron chi connectivity index (χ2n) is 7.60. The molecule has 0 aromatic carbocycles. The zero-order valence-corrected chi connectivity index (χ0v) is 16.6. The van der Waals surface area contributed by atoms with Crippen LogP contribution in [0.4, 0.5) is 17.5 Å². The minimum atomic E-state index is 0.348. The van der Waals surface area contributed by atoms with Gasteiger partial charge >= 0.3 is 0 Å². The Morgan fingerprint density at radius 2 is 1.83 bits per heavy atom. The van der Waals surface area contributed by atoms with Crippen molar-refractivity contribution in [2.75, 3.05) is 36.4 Å². The maximum Gasteiger partial charge on any atom is 0.230 e. The van der Waals surface area contributed by atoms with E-state index in [0.29, 0.717) is 11.9 Å². The monoisotopic (exact) mass is 388 g/mol. The Morgan fingerprint density at radius 1 is 0.966 bits per heavy atom. The van der Waals surface area contributed by atoms with Crippen molar-refractivity contribution >= 4 is 34.1 Å². The molecule has 148 valence electrons. The molecule has 4 aromatic rings. The molecule has 0 aliphatic carbocycles. The Labute approximate surface area is 169 Å². The third-order valence-corrected chi connectivity index (χ3v) is 5.30. The van der Waals surface area contributed by atoms with Crippen molar-refractivity contribution in [2.45, 2.75) is 19.8 Å². The van der Waals surface area contributed by atoms with E-state index < -0.39 is 0 Å². The highest BCUT2D eigenvalue weighted by molar-refractivity contribution is 5.79. The lowest BCUT2D eigenvalue weighted by Crippen LogP contribution is -2.43. The van der Waals surface area contributed by atoms with Gasteiger partial charge in [0.15, 0.2) is 5.65 Å². The van der Waals surface area contributed by atoms with Crippen molar-refractivity contribution in [2.24, 2.45) is 0 Å². The van der Waals surface area contributed by atoms with Crippen LogP contribution in [0.5, 0.6) is 0 Å². The average molecular weight is 388 g/mol. The molecule has 0 atom stereocenters. The molecule has 8 heteroatoms. The SMILES string of the molecule is CC(C)c1cnc2ccc3cnc(Nc4ccc(N5CCNCC5)cn4)nc3n12. The largest absolute Gasteiger partial charge is 0.368 e. The van der Waals surface area contributed by atoms with Crippen molar-refractivity contribution in [3.63, 3.8) is 0 Å². The van der Waals surface area contributed by atoms with Crippen LogP contribution in [0, 0.1) is 0 Å². The van der Waals surface area contributed by atoms with Gasteiger partial charge in [-0.25, -0.2) is 15.0 Å². The number of imidazole rings is 1. The number of pyridine rings is 2. The van der Waals surface area contributed by atoms with E-state index >= 15 is 0 Å². The number of hydrogen-bond acceptors (Lipinski definition) is 7. The lowest BCUT2D eigenvalue weighted by molar-refractivity contribution is 0.589. The maximum absolute atomic E-state index is 4.77. The van der Waals surface area contributed by atoms with Gasteiger partial charge in [-0.05, 0) is 30.2 Å². The number of hydrogen-bond donors (Lipinski definition) is 2. The predicted molar refractivity (Wildman–Crippen MR) is 115 cm³/mol. The summed E-state index contributed by atoms with van der Waals surface area (Å²) in [6.45, 7) is 8.33. The summed E-state index contributed by atoms with van der Waals surface area (Å²) in [4.78, 5) is 20.6. The van der Waals surface area contributed by atoms with E-state index in [4.69, 9.17) is 4.98 Å². The first-order valence-electron chi connectivity index (χ1n) is 10.0. The molecule has 0 bridgehead atoms. The van der Waals surface area contributed by atoms with Gasteiger partial charge in [-0.2, -0.15) is 4.98 Å². The van der Waals surface area contributed by atoms with E-state index in [2.05, 4.69) is 54.8 Å². The van der Waals surface area contributed by atoms with Crippen molar-refractivity contribution in [3.8, 4) is 0 Å². The summed E-state index contributed by atoms with van der Waals surface area (Å²) >= 11 is 0. The summed E-state index contributed by atoms with van der Waals surface area (Å²) in [7, 11) is 0. The zero-order chi connectivity index (χ0) is 19.8. The van der Waals surface area contributed by atoms with E-state index in [1.807, 2.05) is 36.8 Å². The second kappa shape index (κ2) is 7.29. The van der Waals surface area contributed by atoms with Gasteiger partial charge in [0.05, 0.1) is 11.9 Å². The summed E-state index contributed by atoms with van der Waals surface area (Å²) in [6.07, 6.45) is 5.66. The number of anilines is 3. The molecule has 1 aliphatic heterocycles. The van der Waals surface area contributed by atoms with Crippen molar-refractivity contribution < 1.29 is 0 Å². The topological polar surface area (TPSA) is 83.3 Å². The normalized spacial score (nSPS) is 14.8. The van der Waals surface area contributed by atoms with Crippen LogP contribution in [0.15, 0.2) is 42.9 Å². The van der Waals surface area contributed by atoms with Gasteiger partial charge in [0.25, 0.3) is 0 Å².